The molecular formula is C10H20BO7-. The van der Waals surface area contributed by atoms with Crippen molar-refractivity contribution in [3.63, 3.8) is 0 Å². The third-order valence-corrected chi connectivity index (χ3v) is 2.78. The molecule has 3 unspecified atom stereocenters. The summed E-state index contributed by atoms with van der Waals surface area (Å²) in [7, 11) is 3.25. The molecule has 7 nitrogen and oxygen atoms in total. The zero-order valence-corrected chi connectivity index (χ0v) is 10.8. The molecule has 2 fully saturated rings. The first-order valence-electron chi connectivity index (χ1n) is 6.10. The fraction of sp³-hybridized carbons (Fsp3) is 1.00. The van der Waals surface area contributed by atoms with Crippen LogP contribution in [0.25, 0.3) is 0 Å². The van der Waals surface area contributed by atoms with E-state index in [2.05, 4.69) is 0 Å². The van der Waals surface area contributed by atoms with Gasteiger partial charge in [0, 0.05) is 27.4 Å². The Hall–Kier alpha value is -0.215. The number of ether oxygens (including phenoxy) is 3. The van der Waals surface area contributed by atoms with Crippen molar-refractivity contribution in [1.29, 1.82) is 0 Å². The molecule has 2 saturated heterocycles. The third kappa shape index (κ3) is 3.64. The zero-order chi connectivity index (χ0) is 12.8. The number of rotatable bonds is 7. The maximum atomic E-state index is 5.64. The minimum atomic E-state index is -2.05. The second-order valence-corrected chi connectivity index (χ2v) is 4.28. The van der Waals surface area contributed by atoms with Crippen LogP contribution in [0.4, 0.5) is 0 Å². The molecule has 0 amide bonds. The van der Waals surface area contributed by atoms with Gasteiger partial charge in [0.2, 0.25) is 0 Å². The minimum Gasteiger partial charge on any atom is -0.517 e. The SMILES string of the molecule is COCCOCC1CO[B-]2(OCC(COC)O2)O1. The highest BCUT2D eigenvalue weighted by Gasteiger charge is 2.46. The topological polar surface area (TPSA) is 64.6 Å². The summed E-state index contributed by atoms with van der Waals surface area (Å²) in [6, 6.07) is 0. The van der Waals surface area contributed by atoms with E-state index < -0.39 is 6.96 Å². The normalized spacial score (nSPS) is 35.7. The monoisotopic (exact) mass is 263 g/mol. The third-order valence-electron chi connectivity index (χ3n) is 2.78. The van der Waals surface area contributed by atoms with Crippen molar-refractivity contribution >= 4 is 6.96 Å². The average molecular weight is 263 g/mol. The lowest BCUT2D eigenvalue weighted by Gasteiger charge is -2.28. The van der Waals surface area contributed by atoms with Crippen molar-refractivity contribution < 1.29 is 32.8 Å². The summed E-state index contributed by atoms with van der Waals surface area (Å²) in [5.41, 5.74) is 0. The number of hydrogen-bond acceptors (Lipinski definition) is 7. The van der Waals surface area contributed by atoms with E-state index in [1.165, 1.54) is 0 Å². The second kappa shape index (κ2) is 6.81. The van der Waals surface area contributed by atoms with Gasteiger partial charge in [-0.15, -0.1) is 0 Å². The molecule has 0 bridgehead atoms. The van der Waals surface area contributed by atoms with Gasteiger partial charge < -0.3 is 32.8 Å². The van der Waals surface area contributed by atoms with Crippen LogP contribution in [-0.4, -0.2) is 73.0 Å². The molecule has 2 aliphatic rings. The van der Waals surface area contributed by atoms with Crippen molar-refractivity contribution in [3.05, 3.63) is 0 Å². The van der Waals surface area contributed by atoms with E-state index in [0.29, 0.717) is 39.6 Å². The van der Waals surface area contributed by atoms with Gasteiger partial charge in [0.15, 0.2) is 0 Å². The van der Waals surface area contributed by atoms with Crippen LogP contribution >= 0.6 is 0 Å². The molecule has 1 spiro atoms. The highest BCUT2D eigenvalue weighted by molar-refractivity contribution is 6.54. The Balaban J connectivity index is 1.68. The predicted octanol–water partition coefficient (Wildman–Crippen LogP) is -0.438. The van der Waals surface area contributed by atoms with Crippen molar-refractivity contribution in [3.8, 4) is 0 Å². The van der Waals surface area contributed by atoms with Crippen LogP contribution in [0.5, 0.6) is 0 Å². The standard InChI is InChI=1S/C10H20BO7/c1-12-3-4-14-6-10-8-16-11(18-10)15-7-9(17-11)5-13-2/h9-10H,3-8H2,1-2H3/q-1. The van der Waals surface area contributed by atoms with E-state index in [9.17, 15) is 0 Å². The number of hydrogen-bond donors (Lipinski definition) is 0. The van der Waals surface area contributed by atoms with E-state index in [0.717, 1.165) is 0 Å². The molecule has 106 valence electrons. The Labute approximate surface area is 107 Å². The molecule has 0 radical (unpaired) electrons. The summed E-state index contributed by atoms with van der Waals surface area (Å²) in [6.45, 7) is 0.777. The van der Waals surface area contributed by atoms with E-state index in [1.54, 1.807) is 14.2 Å². The molecule has 0 aromatic carbocycles. The van der Waals surface area contributed by atoms with Gasteiger partial charge in [-0.25, -0.2) is 0 Å². The van der Waals surface area contributed by atoms with E-state index >= 15 is 0 Å². The van der Waals surface area contributed by atoms with Crippen LogP contribution in [0.1, 0.15) is 0 Å². The summed E-state index contributed by atoms with van der Waals surface area (Å²) in [5, 5.41) is 0. The van der Waals surface area contributed by atoms with Gasteiger partial charge in [0.1, 0.15) is 0 Å². The Kier molecular flexibility index (Phi) is 5.37. The van der Waals surface area contributed by atoms with Crippen molar-refractivity contribution in [2.45, 2.75) is 12.2 Å². The molecule has 3 atom stereocenters. The lowest BCUT2D eigenvalue weighted by molar-refractivity contribution is 0.0105. The Morgan fingerprint density at radius 2 is 1.61 bits per heavy atom. The first-order chi connectivity index (χ1) is 8.78. The van der Waals surface area contributed by atoms with Gasteiger partial charge in [-0.1, -0.05) is 0 Å². The quantitative estimate of drug-likeness (QED) is 0.455. The Bertz CT molecular complexity index is 254. The predicted molar refractivity (Wildman–Crippen MR) is 62.0 cm³/mol. The van der Waals surface area contributed by atoms with Gasteiger partial charge in [0.25, 0.3) is 0 Å². The molecule has 0 aromatic heterocycles. The maximum Gasteiger partial charge on any atom is 0.532 e. The lowest BCUT2D eigenvalue weighted by atomic mass is 10.1. The maximum absolute atomic E-state index is 5.64. The van der Waals surface area contributed by atoms with E-state index in [1.807, 2.05) is 0 Å². The van der Waals surface area contributed by atoms with Gasteiger partial charge >= 0.3 is 6.96 Å². The highest BCUT2D eigenvalue weighted by Crippen LogP contribution is 2.28. The van der Waals surface area contributed by atoms with Crippen LogP contribution < -0.4 is 0 Å². The second-order valence-electron chi connectivity index (χ2n) is 4.28. The van der Waals surface area contributed by atoms with Crippen molar-refractivity contribution in [2.75, 3.05) is 53.9 Å². The molecular weight excluding hydrogens is 243 g/mol. The van der Waals surface area contributed by atoms with Crippen LogP contribution in [0, 0.1) is 0 Å². The van der Waals surface area contributed by atoms with Gasteiger partial charge in [-0.2, -0.15) is 0 Å². The fourth-order valence-electron chi connectivity index (χ4n) is 1.96. The van der Waals surface area contributed by atoms with E-state index in [-0.39, 0.29) is 12.2 Å². The van der Waals surface area contributed by atoms with Crippen LogP contribution in [0.3, 0.4) is 0 Å². The number of methoxy groups -OCH3 is 2. The molecule has 2 aliphatic heterocycles. The minimum absolute atomic E-state index is 0.136. The van der Waals surface area contributed by atoms with Crippen LogP contribution in [-0.2, 0) is 32.8 Å². The van der Waals surface area contributed by atoms with Crippen LogP contribution in [0.15, 0.2) is 0 Å². The summed E-state index contributed by atoms with van der Waals surface area (Å²) in [6.07, 6.45) is -0.300. The summed E-state index contributed by atoms with van der Waals surface area (Å²) < 4.78 is 37.4. The molecule has 0 aliphatic carbocycles. The smallest absolute Gasteiger partial charge is 0.517 e. The average Bonchev–Trinajstić information content (AvgIpc) is 2.94. The van der Waals surface area contributed by atoms with E-state index in [4.69, 9.17) is 32.8 Å². The van der Waals surface area contributed by atoms with Crippen LogP contribution in [0.2, 0.25) is 0 Å². The molecule has 18 heavy (non-hydrogen) atoms. The van der Waals surface area contributed by atoms with Gasteiger partial charge in [0.05, 0.1) is 38.6 Å². The summed E-state index contributed by atoms with van der Waals surface area (Å²) in [4.78, 5) is 0. The van der Waals surface area contributed by atoms with Gasteiger partial charge in [-0.3, -0.25) is 0 Å². The van der Waals surface area contributed by atoms with Gasteiger partial charge in [-0.05, 0) is 0 Å². The molecule has 0 aromatic rings. The Morgan fingerprint density at radius 1 is 0.944 bits per heavy atom. The fourth-order valence-corrected chi connectivity index (χ4v) is 1.96. The zero-order valence-electron chi connectivity index (χ0n) is 10.8. The molecule has 0 saturated carbocycles. The first-order valence-corrected chi connectivity index (χ1v) is 6.10. The lowest BCUT2D eigenvalue weighted by Crippen LogP contribution is -2.41. The largest absolute Gasteiger partial charge is 0.532 e. The van der Waals surface area contributed by atoms with Crippen molar-refractivity contribution in [1.82, 2.24) is 0 Å². The molecule has 8 heteroatoms. The summed E-state index contributed by atoms with van der Waals surface area (Å²) in [5.74, 6) is 0. The van der Waals surface area contributed by atoms with Crippen molar-refractivity contribution in [2.24, 2.45) is 0 Å². The Morgan fingerprint density at radius 3 is 2.22 bits per heavy atom. The molecule has 2 rings (SSSR count). The summed E-state index contributed by atoms with van der Waals surface area (Å²) >= 11 is 0. The highest BCUT2D eigenvalue weighted by atomic mass is 16.9. The molecule has 2 heterocycles. The molecule has 0 N–H and O–H groups in total. The first kappa shape index (κ1) is 14.2.